The average molecular weight is 432 g/mol. The summed E-state index contributed by atoms with van der Waals surface area (Å²) < 4.78 is 34.1. The van der Waals surface area contributed by atoms with E-state index < -0.39 is 10.0 Å². The van der Waals surface area contributed by atoms with E-state index in [2.05, 4.69) is 17.1 Å². The number of hydrogen-bond donors (Lipinski definition) is 1. The van der Waals surface area contributed by atoms with Gasteiger partial charge in [0, 0.05) is 25.7 Å². The van der Waals surface area contributed by atoms with Crippen molar-refractivity contribution in [1.29, 1.82) is 0 Å². The van der Waals surface area contributed by atoms with Crippen LogP contribution >= 0.6 is 12.4 Å². The van der Waals surface area contributed by atoms with E-state index in [1.807, 2.05) is 0 Å². The van der Waals surface area contributed by atoms with Crippen LogP contribution < -0.4 is 10.1 Å². The summed E-state index contributed by atoms with van der Waals surface area (Å²) >= 11 is 0. The van der Waals surface area contributed by atoms with Gasteiger partial charge in [-0.1, -0.05) is 6.92 Å². The first-order valence-corrected chi connectivity index (χ1v) is 11.7. The number of benzene rings is 1. The predicted molar refractivity (Wildman–Crippen MR) is 115 cm³/mol. The maximum Gasteiger partial charge on any atom is 0.243 e. The normalized spacial score (nSPS) is 20.9. The van der Waals surface area contributed by atoms with Crippen LogP contribution in [0.2, 0.25) is 0 Å². The molecule has 2 fully saturated rings. The summed E-state index contributed by atoms with van der Waals surface area (Å²) in [6, 6.07) is 6.92. The lowest BCUT2D eigenvalue weighted by atomic mass is 10.1. The highest BCUT2D eigenvalue weighted by Crippen LogP contribution is 2.24. The molecule has 8 heteroatoms. The van der Waals surface area contributed by atoms with Gasteiger partial charge in [-0.2, -0.15) is 4.31 Å². The molecule has 2 aliphatic rings. The van der Waals surface area contributed by atoms with Crippen molar-refractivity contribution in [2.24, 2.45) is 0 Å². The van der Waals surface area contributed by atoms with Crippen molar-refractivity contribution in [2.45, 2.75) is 50.0 Å². The maximum absolute atomic E-state index is 13.4. The highest BCUT2D eigenvalue weighted by atomic mass is 35.5. The van der Waals surface area contributed by atoms with Gasteiger partial charge in [0.1, 0.15) is 5.75 Å². The molecule has 1 aromatic carbocycles. The number of piperidine rings is 1. The molecule has 2 aliphatic heterocycles. The van der Waals surface area contributed by atoms with E-state index in [4.69, 9.17) is 4.74 Å². The summed E-state index contributed by atoms with van der Waals surface area (Å²) in [4.78, 5) is 2.74. The molecule has 1 N–H and O–H groups in total. The van der Waals surface area contributed by atoms with Crippen molar-refractivity contribution in [1.82, 2.24) is 14.5 Å². The van der Waals surface area contributed by atoms with Crippen LogP contribution in [0.15, 0.2) is 29.2 Å². The maximum atomic E-state index is 13.4. The first-order chi connectivity index (χ1) is 13.1. The van der Waals surface area contributed by atoms with Gasteiger partial charge in [0.25, 0.3) is 0 Å². The SMILES string of the molecule is CCCOc1ccc(S(=O)(=O)N(CCN2CCCC2)C2CCCNC2)cc1.Cl. The Bertz CT molecular complexity index is 672. The van der Waals surface area contributed by atoms with E-state index in [0.717, 1.165) is 57.7 Å². The minimum atomic E-state index is -3.52. The number of sulfonamides is 1. The molecule has 0 aliphatic carbocycles. The molecule has 0 amide bonds. The molecule has 2 heterocycles. The fraction of sp³-hybridized carbons (Fsp3) is 0.700. The quantitative estimate of drug-likeness (QED) is 0.651. The van der Waals surface area contributed by atoms with Gasteiger partial charge in [0.2, 0.25) is 10.0 Å². The predicted octanol–water partition coefficient (Wildman–Crippen LogP) is 2.74. The molecule has 0 spiro atoms. The van der Waals surface area contributed by atoms with E-state index in [1.54, 1.807) is 28.6 Å². The van der Waals surface area contributed by atoms with Crippen molar-refractivity contribution >= 4 is 22.4 Å². The molecule has 28 heavy (non-hydrogen) atoms. The van der Waals surface area contributed by atoms with Crippen molar-refractivity contribution in [3.8, 4) is 5.75 Å². The summed E-state index contributed by atoms with van der Waals surface area (Å²) in [5, 5.41) is 3.36. The monoisotopic (exact) mass is 431 g/mol. The number of nitrogens with one attached hydrogen (secondary N) is 1. The lowest BCUT2D eigenvalue weighted by Crippen LogP contribution is -2.50. The van der Waals surface area contributed by atoms with Crippen LogP contribution in [-0.4, -0.2) is 69.5 Å². The third-order valence-corrected chi connectivity index (χ3v) is 7.38. The average Bonchev–Trinajstić information content (AvgIpc) is 3.21. The minimum Gasteiger partial charge on any atom is -0.494 e. The molecule has 0 radical (unpaired) electrons. The number of nitrogens with zero attached hydrogens (tertiary/aromatic N) is 2. The molecule has 1 atom stereocenters. The van der Waals surface area contributed by atoms with Gasteiger partial charge in [-0.25, -0.2) is 8.42 Å². The number of likely N-dealkylation sites (tertiary alicyclic amines) is 1. The molecule has 160 valence electrons. The minimum absolute atomic E-state index is 0. The molecule has 1 aromatic rings. The number of hydrogen-bond acceptors (Lipinski definition) is 5. The third kappa shape index (κ3) is 6.07. The fourth-order valence-electron chi connectivity index (χ4n) is 3.89. The van der Waals surface area contributed by atoms with Crippen LogP contribution in [0.4, 0.5) is 0 Å². The molecule has 3 rings (SSSR count). The van der Waals surface area contributed by atoms with Crippen LogP contribution in [0.1, 0.15) is 39.0 Å². The Balaban J connectivity index is 0.00000280. The van der Waals surface area contributed by atoms with E-state index in [0.29, 0.717) is 18.0 Å². The Morgan fingerprint density at radius 3 is 2.50 bits per heavy atom. The second-order valence-corrected chi connectivity index (χ2v) is 9.38. The Morgan fingerprint density at radius 1 is 1.18 bits per heavy atom. The van der Waals surface area contributed by atoms with E-state index in [-0.39, 0.29) is 18.4 Å². The Morgan fingerprint density at radius 2 is 1.89 bits per heavy atom. The van der Waals surface area contributed by atoms with Gasteiger partial charge in [-0.15, -0.1) is 12.4 Å². The van der Waals surface area contributed by atoms with Gasteiger partial charge < -0.3 is 15.0 Å². The zero-order chi connectivity index (χ0) is 19.1. The molecule has 1 unspecified atom stereocenters. The van der Waals surface area contributed by atoms with Gasteiger partial charge >= 0.3 is 0 Å². The van der Waals surface area contributed by atoms with Crippen LogP contribution in [0.5, 0.6) is 5.75 Å². The smallest absolute Gasteiger partial charge is 0.243 e. The number of rotatable bonds is 9. The zero-order valence-electron chi connectivity index (χ0n) is 16.8. The second-order valence-electron chi connectivity index (χ2n) is 7.48. The van der Waals surface area contributed by atoms with Gasteiger partial charge in [-0.05, 0) is 76.0 Å². The van der Waals surface area contributed by atoms with Crippen molar-refractivity contribution in [3.63, 3.8) is 0 Å². The Labute approximate surface area is 176 Å². The molecule has 0 bridgehead atoms. The molecular formula is C20H34ClN3O3S. The molecule has 0 aromatic heterocycles. The highest BCUT2D eigenvalue weighted by molar-refractivity contribution is 7.89. The van der Waals surface area contributed by atoms with Gasteiger partial charge in [0.05, 0.1) is 11.5 Å². The first-order valence-electron chi connectivity index (χ1n) is 10.3. The fourth-order valence-corrected chi connectivity index (χ4v) is 5.53. The lowest BCUT2D eigenvalue weighted by molar-refractivity contribution is 0.231. The first kappa shape index (κ1) is 23.4. The van der Waals surface area contributed by atoms with E-state index >= 15 is 0 Å². The number of halogens is 1. The highest BCUT2D eigenvalue weighted by Gasteiger charge is 2.32. The molecular weight excluding hydrogens is 398 g/mol. The van der Waals surface area contributed by atoms with Gasteiger partial charge in [0.15, 0.2) is 0 Å². The molecule has 6 nitrogen and oxygen atoms in total. The lowest BCUT2D eigenvalue weighted by Gasteiger charge is -2.34. The summed E-state index contributed by atoms with van der Waals surface area (Å²) in [7, 11) is -3.52. The van der Waals surface area contributed by atoms with Crippen LogP contribution in [0, 0.1) is 0 Å². The van der Waals surface area contributed by atoms with Crippen molar-refractivity contribution < 1.29 is 13.2 Å². The standard InChI is InChI=1S/C20H33N3O3S.ClH/c1-2-16-26-19-7-9-20(10-8-19)27(24,25)23(18-6-5-11-21-17-18)15-14-22-12-3-4-13-22;/h7-10,18,21H,2-6,11-17H2,1H3;1H. The number of ether oxygens (including phenoxy) is 1. The summed E-state index contributed by atoms with van der Waals surface area (Å²) in [6.07, 6.45) is 5.31. The second kappa shape index (κ2) is 11.4. The summed E-state index contributed by atoms with van der Waals surface area (Å²) in [5.41, 5.74) is 0. The summed E-state index contributed by atoms with van der Waals surface area (Å²) in [6.45, 7) is 7.94. The van der Waals surface area contributed by atoms with Crippen LogP contribution in [0.3, 0.4) is 0 Å². The van der Waals surface area contributed by atoms with Crippen molar-refractivity contribution in [3.05, 3.63) is 24.3 Å². The Hall–Kier alpha value is -0.860. The van der Waals surface area contributed by atoms with E-state index in [1.165, 1.54) is 12.8 Å². The third-order valence-electron chi connectivity index (χ3n) is 5.42. The van der Waals surface area contributed by atoms with Crippen molar-refractivity contribution in [2.75, 3.05) is 45.9 Å². The molecule has 0 saturated carbocycles. The van der Waals surface area contributed by atoms with Crippen LogP contribution in [-0.2, 0) is 10.0 Å². The topological polar surface area (TPSA) is 61.9 Å². The van der Waals surface area contributed by atoms with Crippen LogP contribution in [0.25, 0.3) is 0 Å². The van der Waals surface area contributed by atoms with Gasteiger partial charge in [-0.3, -0.25) is 0 Å². The zero-order valence-corrected chi connectivity index (χ0v) is 18.4. The summed E-state index contributed by atoms with van der Waals surface area (Å²) in [5.74, 6) is 0.721. The Kier molecular flexibility index (Phi) is 9.50. The largest absolute Gasteiger partial charge is 0.494 e. The van der Waals surface area contributed by atoms with E-state index in [9.17, 15) is 8.42 Å². The molecule has 2 saturated heterocycles.